The highest BCUT2D eigenvalue weighted by Crippen LogP contribution is 2.34. The van der Waals surface area contributed by atoms with E-state index < -0.39 is 15.3 Å². The second-order valence-electron chi connectivity index (χ2n) is 5.72. The number of allylic oxidation sites excluding steroid dienone is 1. The van der Waals surface area contributed by atoms with Crippen LogP contribution in [-0.2, 0) is 9.84 Å². The summed E-state index contributed by atoms with van der Waals surface area (Å²) in [5.41, 5.74) is 2.30. The number of sulfone groups is 1. The summed E-state index contributed by atoms with van der Waals surface area (Å²) in [5, 5.41) is 0. The third kappa shape index (κ3) is 2.27. The number of rotatable bonds is 2. The van der Waals surface area contributed by atoms with Gasteiger partial charge in [-0.2, -0.15) is 0 Å². The molecule has 0 N–H and O–H groups in total. The van der Waals surface area contributed by atoms with E-state index in [1.165, 1.54) is 0 Å². The molecular formula is C18H15N3O2S. The van der Waals surface area contributed by atoms with Crippen LogP contribution in [0, 0.1) is 6.92 Å². The molecule has 5 nitrogen and oxygen atoms in total. The van der Waals surface area contributed by atoms with E-state index in [-0.39, 0.29) is 4.90 Å². The predicted molar refractivity (Wildman–Crippen MR) is 95.2 cm³/mol. The highest BCUT2D eigenvalue weighted by atomic mass is 32.2. The molecule has 1 atom stereocenters. The molecule has 0 radical (unpaired) electrons. The lowest BCUT2D eigenvalue weighted by Gasteiger charge is -2.26. The molecular weight excluding hydrogens is 322 g/mol. The van der Waals surface area contributed by atoms with Crippen LogP contribution in [0.3, 0.4) is 0 Å². The van der Waals surface area contributed by atoms with Crippen LogP contribution in [0.2, 0.25) is 0 Å². The van der Waals surface area contributed by atoms with E-state index in [1.54, 1.807) is 47.8 Å². The maximum absolute atomic E-state index is 13.1. The summed E-state index contributed by atoms with van der Waals surface area (Å²) in [5.74, 6) is 0. The molecule has 2 aliphatic rings. The SMILES string of the molecule is Cc1ccc(S(=O)(=O)C2N=CC3=CN=Cc4ccccc4N32)cc1. The first-order chi connectivity index (χ1) is 11.6. The van der Waals surface area contributed by atoms with E-state index >= 15 is 0 Å². The van der Waals surface area contributed by atoms with Crippen LogP contribution in [0.1, 0.15) is 11.1 Å². The Labute approximate surface area is 140 Å². The molecule has 0 spiro atoms. The summed E-state index contributed by atoms with van der Waals surface area (Å²) in [7, 11) is -3.65. The Morgan fingerprint density at radius 2 is 1.75 bits per heavy atom. The third-order valence-corrected chi connectivity index (χ3v) is 5.89. The number of fused-ring (bicyclic) bond motifs is 3. The molecule has 2 heterocycles. The number of aliphatic imine (C=N–C) groups is 2. The summed E-state index contributed by atoms with van der Waals surface area (Å²) < 4.78 is 26.2. The fourth-order valence-electron chi connectivity index (χ4n) is 2.83. The number of benzene rings is 2. The van der Waals surface area contributed by atoms with Gasteiger partial charge in [-0.3, -0.25) is 4.99 Å². The smallest absolute Gasteiger partial charge is 0.233 e. The van der Waals surface area contributed by atoms with Crippen LogP contribution in [0.4, 0.5) is 5.69 Å². The minimum absolute atomic E-state index is 0.263. The zero-order chi connectivity index (χ0) is 16.7. The second kappa shape index (κ2) is 5.42. The first-order valence-electron chi connectivity index (χ1n) is 7.53. The van der Waals surface area contributed by atoms with Gasteiger partial charge < -0.3 is 4.90 Å². The van der Waals surface area contributed by atoms with Gasteiger partial charge in [-0.25, -0.2) is 13.4 Å². The van der Waals surface area contributed by atoms with Crippen LogP contribution in [0.15, 0.2) is 75.3 Å². The molecule has 0 aliphatic carbocycles. The first-order valence-corrected chi connectivity index (χ1v) is 9.07. The van der Waals surface area contributed by atoms with E-state index in [0.29, 0.717) is 5.70 Å². The molecule has 1 unspecified atom stereocenters. The maximum atomic E-state index is 13.1. The van der Waals surface area contributed by atoms with Gasteiger partial charge in [0.1, 0.15) is 0 Å². The summed E-state index contributed by atoms with van der Waals surface area (Å²) >= 11 is 0. The van der Waals surface area contributed by atoms with Gasteiger partial charge in [-0.15, -0.1) is 0 Å². The van der Waals surface area contributed by atoms with Gasteiger partial charge in [0.05, 0.1) is 28.7 Å². The Morgan fingerprint density at radius 3 is 2.54 bits per heavy atom. The lowest BCUT2D eigenvalue weighted by atomic mass is 10.2. The van der Waals surface area contributed by atoms with Gasteiger partial charge in [-0.05, 0) is 25.1 Å². The van der Waals surface area contributed by atoms with Crippen LogP contribution < -0.4 is 4.90 Å². The normalized spacial score (nSPS) is 18.8. The van der Waals surface area contributed by atoms with Gasteiger partial charge in [0.25, 0.3) is 0 Å². The minimum Gasteiger partial charge on any atom is -0.302 e. The van der Waals surface area contributed by atoms with Crippen molar-refractivity contribution in [1.29, 1.82) is 0 Å². The Bertz CT molecular complexity index is 989. The molecule has 2 aliphatic heterocycles. The Kier molecular flexibility index (Phi) is 3.35. The number of hydrogen-bond donors (Lipinski definition) is 0. The fraction of sp³-hybridized carbons (Fsp3) is 0.111. The molecule has 4 rings (SSSR count). The number of anilines is 1. The molecule has 0 saturated carbocycles. The average Bonchev–Trinajstić information content (AvgIpc) is 2.92. The highest BCUT2D eigenvalue weighted by Gasteiger charge is 2.38. The van der Waals surface area contributed by atoms with Crippen molar-refractivity contribution < 1.29 is 8.42 Å². The zero-order valence-electron chi connectivity index (χ0n) is 13.0. The molecule has 24 heavy (non-hydrogen) atoms. The van der Waals surface area contributed by atoms with Gasteiger partial charge in [0, 0.05) is 11.8 Å². The van der Waals surface area contributed by atoms with E-state index in [1.807, 2.05) is 31.2 Å². The molecule has 0 saturated heterocycles. The van der Waals surface area contributed by atoms with E-state index in [0.717, 1.165) is 16.8 Å². The van der Waals surface area contributed by atoms with E-state index in [9.17, 15) is 8.42 Å². The summed E-state index contributed by atoms with van der Waals surface area (Å²) in [6.07, 6.45) is 4.92. The Hall–Kier alpha value is -2.73. The number of hydrogen-bond acceptors (Lipinski definition) is 5. The summed E-state index contributed by atoms with van der Waals surface area (Å²) in [4.78, 5) is 10.5. The second-order valence-corrected chi connectivity index (χ2v) is 7.71. The molecule has 120 valence electrons. The van der Waals surface area contributed by atoms with Crippen molar-refractivity contribution in [3.63, 3.8) is 0 Å². The van der Waals surface area contributed by atoms with Crippen molar-refractivity contribution in [2.45, 2.75) is 17.3 Å². The monoisotopic (exact) mass is 337 g/mol. The average molecular weight is 337 g/mol. The van der Waals surface area contributed by atoms with Crippen LogP contribution in [0.5, 0.6) is 0 Å². The lowest BCUT2D eigenvalue weighted by Crippen LogP contribution is -2.36. The molecule has 0 amide bonds. The Balaban J connectivity index is 1.84. The zero-order valence-corrected chi connectivity index (χ0v) is 13.8. The Morgan fingerprint density at radius 1 is 1.00 bits per heavy atom. The summed E-state index contributed by atoms with van der Waals surface area (Å²) in [6, 6.07) is 14.4. The summed E-state index contributed by atoms with van der Waals surface area (Å²) in [6.45, 7) is 1.92. The van der Waals surface area contributed by atoms with Gasteiger partial charge in [-0.1, -0.05) is 35.9 Å². The minimum atomic E-state index is -3.65. The predicted octanol–water partition coefficient (Wildman–Crippen LogP) is 2.92. The maximum Gasteiger partial charge on any atom is 0.233 e. The lowest BCUT2D eigenvalue weighted by molar-refractivity contribution is 0.582. The van der Waals surface area contributed by atoms with Crippen molar-refractivity contribution in [1.82, 2.24) is 0 Å². The van der Waals surface area contributed by atoms with Crippen LogP contribution >= 0.6 is 0 Å². The molecule has 2 aromatic rings. The highest BCUT2D eigenvalue weighted by molar-refractivity contribution is 7.92. The van der Waals surface area contributed by atoms with Crippen LogP contribution in [-0.4, -0.2) is 26.3 Å². The van der Waals surface area contributed by atoms with Crippen molar-refractivity contribution in [2.24, 2.45) is 9.98 Å². The van der Waals surface area contributed by atoms with Crippen molar-refractivity contribution in [3.05, 3.63) is 71.6 Å². The molecule has 6 heteroatoms. The van der Waals surface area contributed by atoms with Crippen LogP contribution in [0.25, 0.3) is 0 Å². The number of nitrogens with zero attached hydrogens (tertiary/aromatic N) is 3. The standard InChI is InChI=1S/C18H15N3O2S/c1-13-6-8-16(9-7-13)24(22,23)18-20-12-15-11-19-10-14-4-2-3-5-17(14)21(15)18/h2-12,18H,1H3. The molecule has 0 bridgehead atoms. The van der Waals surface area contributed by atoms with Gasteiger partial charge in [0.2, 0.25) is 15.3 Å². The third-order valence-electron chi connectivity index (χ3n) is 4.08. The van der Waals surface area contributed by atoms with Crippen molar-refractivity contribution >= 4 is 28.0 Å². The first kappa shape index (κ1) is 14.8. The number of para-hydroxylation sites is 1. The van der Waals surface area contributed by atoms with E-state index in [2.05, 4.69) is 9.98 Å². The molecule has 0 fully saturated rings. The molecule has 0 aromatic heterocycles. The quantitative estimate of drug-likeness (QED) is 0.846. The topological polar surface area (TPSA) is 62.1 Å². The largest absolute Gasteiger partial charge is 0.302 e. The molecule has 2 aromatic carbocycles. The van der Waals surface area contributed by atoms with E-state index in [4.69, 9.17) is 0 Å². The number of aryl methyl sites for hydroxylation is 1. The van der Waals surface area contributed by atoms with Gasteiger partial charge >= 0.3 is 0 Å². The van der Waals surface area contributed by atoms with Gasteiger partial charge in [0.15, 0.2) is 0 Å². The fourth-order valence-corrected chi connectivity index (χ4v) is 4.32. The van der Waals surface area contributed by atoms with Crippen molar-refractivity contribution in [3.8, 4) is 0 Å². The van der Waals surface area contributed by atoms with Crippen molar-refractivity contribution in [2.75, 3.05) is 4.90 Å².